The quantitative estimate of drug-likeness (QED) is 0.866. The van der Waals surface area contributed by atoms with E-state index in [9.17, 15) is 12.8 Å². The average molecular weight is 306 g/mol. The van der Waals surface area contributed by atoms with E-state index >= 15 is 0 Å². The van der Waals surface area contributed by atoms with E-state index in [4.69, 9.17) is 5.73 Å². The highest BCUT2D eigenvalue weighted by Gasteiger charge is 2.23. The van der Waals surface area contributed by atoms with Gasteiger partial charge < -0.3 is 10.6 Å². The SMILES string of the molecule is CS(=O)(=O)c1ccc(N2CCc3ccc(F)cc32)c(N)c1. The Labute approximate surface area is 122 Å². The number of nitrogens with zero attached hydrogens (tertiary/aromatic N) is 1. The lowest BCUT2D eigenvalue weighted by Crippen LogP contribution is -2.15. The standard InChI is InChI=1S/C15H15FN2O2S/c1-21(19,20)12-4-5-14(13(17)9-12)18-7-6-10-2-3-11(16)8-15(10)18/h2-5,8-9H,6-7,17H2,1H3. The number of halogens is 1. The minimum atomic E-state index is -3.29. The third-order valence-electron chi connectivity index (χ3n) is 3.66. The summed E-state index contributed by atoms with van der Waals surface area (Å²) >= 11 is 0. The summed E-state index contributed by atoms with van der Waals surface area (Å²) in [5, 5.41) is 0. The minimum absolute atomic E-state index is 0.183. The molecule has 0 saturated heterocycles. The van der Waals surface area contributed by atoms with Crippen LogP contribution in [0.4, 0.5) is 21.5 Å². The fourth-order valence-corrected chi connectivity index (χ4v) is 3.27. The number of hydrogen-bond acceptors (Lipinski definition) is 4. The maximum atomic E-state index is 13.4. The van der Waals surface area contributed by atoms with Crippen molar-refractivity contribution in [2.45, 2.75) is 11.3 Å². The summed E-state index contributed by atoms with van der Waals surface area (Å²) < 4.78 is 36.5. The third-order valence-corrected chi connectivity index (χ3v) is 4.77. The molecule has 110 valence electrons. The number of fused-ring (bicyclic) bond motifs is 1. The number of sulfone groups is 1. The number of nitrogens with two attached hydrogens (primary N) is 1. The molecule has 21 heavy (non-hydrogen) atoms. The summed E-state index contributed by atoms with van der Waals surface area (Å²) in [5.41, 5.74) is 8.91. The van der Waals surface area contributed by atoms with Crippen LogP contribution in [-0.2, 0) is 16.3 Å². The molecule has 0 amide bonds. The fraction of sp³-hybridized carbons (Fsp3) is 0.200. The van der Waals surface area contributed by atoms with E-state index in [1.807, 2.05) is 4.90 Å². The predicted molar refractivity (Wildman–Crippen MR) is 81.1 cm³/mol. The van der Waals surface area contributed by atoms with Gasteiger partial charge in [-0.05, 0) is 42.3 Å². The van der Waals surface area contributed by atoms with Crippen molar-refractivity contribution in [3.63, 3.8) is 0 Å². The van der Waals surface area contributed by atoms with Crippen molar-refractivity contribution in [3.8, 4) is 0 Å². The number of benzene rings is 2. The zero-order valence-electron chi connectivity index (χ0n) is 11.5. The molecule has 0 aliphatic carbocycles. The first kappa shape index (κ1) is 13.9. The van der Waals surface area contributed by atoms with Crippen molar-refractivity contribution >= 4 is 26.9 Å². The predicted octanol–water partition coefficient (Wildman–Crippen LogP) is 2.51. The van der Waals surface area contributed by atoms with Gasteiger partial charge in [-0.25, -0.2) is 12.8 Å². The van der Waals surface area contributed by atoms with E-state index in [0.717, 1.165) is 23.9 Å². The lowest BCUT2D eigenvalue weighted by molar-refractivity contribution is 0.602. The molecule has 3 rings (SSSR count). The first-order valence-electron chi connectivity index (χ1n) is 6.52. The van der Waals surface area contributed by atoms with Crippen molar-refractivity contribution in [1.82, 2.24) is 0 Å². The first-order valence-corrected chi connectivity index (χ1v) is 8.41. The van der Waals surface area contributed by atoms with E-state index in [0.29, 0.717) is 17.9 Å². The van der Waals surface area contributed by atoms with Crippen molar-refractivity contribution in [3.05, 3.63) is 47.8 Å². The van der Waals surface area contributed by atoms with Crippen LogP contribution < -0.4 is 10.6 Å². The second-order valence-corrected chi connectivity index (χ2v) is 7.18. The van der Waals surface area contributed by atoms with Gasteiger partial charge in [-0.1, -0.05) is 6.07 Å². The molecule has 0 saturated carbocycles. The largest absolute Gasteiger partial charge is 0.397 e. The monoisotopic (exact) mass is 306 g/mol. The fourth-order valence-electron chi connectivity index (χ4n) is 2.61. The Morgan fingerprint density at radius 3 is 2.57 bits per heavy atom. The van der Waals surface area contributed by atoms with Gasteiger partial charge in [-0.3, -0.25) is 0 Å². The van der Waals surface area contributed by atoms with Gasteiger partial charge in [0.05, 0.1) is 16.3 Å². The Bertz CT molecular complexity index is 818. The summed E-state index contributed by atoms with van der Waals surface area (Å²) in [6, 6.07) is 9.34. The smallest absolute Gasteiger partial charge is 0.175 e. The third kappa shape index (κ3) is 2.47. The topological polar surface area (TPSA) is 63.4 Å². The van der Waals surface area contributed by atoms with Crippen molar-refractivity contribution < 1.29 is 12.8 Å². The molecule has 0 aromatic heterocycles. The van der Waals surface area contributed by atoms with Crippen LogP contribution >= 0.6 is 0 Å². The van der Waals surface area contributed by atoms with E-state index < -0.39 is 9.84 Å². The lowest BCUT2D eigenvalue weighted by atomic mass is 10.1. The summed E-state index contributed by atoms with van der Waals surface area (Å²) in [6.07, 6.45) is 1.95. The molecule has 2 N–H and O–H groups in total. The van der Waals surface area contributed by atoms with Gasteiger partial charge in [0.25, 0.3) is 0 Å². The molecule has 0 bridgehead atoms. The van der Waals surface area contributed by atoms with Gasteiger partial charge in [0.1, 0.15) is 5.82 Å². The summed E-state index contributed by atoms with van der Waals surface area (Å²) in [7, 11) is -3.29. The Kier molecular flexibility index (Phi) is 3.13. The first-order chi connectivity index (χ1) is 9.86. The molecule has 0 fully saturated rings. The molecule has 2 aromatic carbocycles. The van der Waals surface area contributed by atoms with Crippen LogP contribution in [0.15, 0.2) is 41.3 Å². The highest BCUT2D eigenvalue weighted by atomic mass is 32.2. The van der Waals surface area contributed by atoms with Crippen LogP contribution in [0.25, 0.3) is 0 Å². The highest BCUT2D eigenvalue weighted by molar-refractivity contribution is 7.90. The number of anilines is 3. The van der Waals surface area contributed by atoms with Crippen LogP contribution in [0.1, 0.15) is 5.56 Å². The zero-order chi connectivity index (χ0) is 15.2. The number of hydrogen-bond donors (Lipinski definition) is 1. The Balaban J connectivity index is 2.06. The lowest BCUT2D eigenvalue weighted by Gasteiger charge is -2.21. The second-order valence-electron chi connectivity index (χ2n) is 5.17. The molecule has 1 heterocycles. The van der Waals surface area contributed by atoms with E-state index in [2.05, 4.69) is 0 Å². The van der Waals surface area contributed by atoms with Gasteiger partial charge in [-0.15, -0.1) is 0 Å². The Hall–Kier alpha value is -2.08. The summed E-state index contributed by atoms with van der Waals surface area (Å²) in [6.45, 7) is 0.696. The minimum Gasteiger partial charge on any atom is -0.397 e. The number of rotatable bonds is 2. The number of nitrogen functional groups attached to an aromatic ring is 1. The van der Waals surface area contributed by atoms with Crippen LogP contribution in [0.2, 0.25) is 0 Å². The maximum absolute atomic E-state index is 13.4. The molecule has 0 unspecified atom stereocenters. The molecule has 1 aliphatic heterocycles. The van der Waals surface area contributed by atoms with Crippen molar-refractivity contribution in [2.24, 2.45) is 0 Å². The van der Waals surface area contributed by atoms with E-state index in [-0.39, 0.29) is 10.7 Å². The molecular formula is C15H15FN2O2S. The van der Waals surface area contributed by atoms with Gasteiger partial charge >= 0.3 is 0 Å². The van der Waals surface area contributed by atoms with Crippen molar-refractivity contribution in [1.29, 1.82) is 0 Å². The van der Waals surface area contributed by atoms with Crippen LogP contribution in [0, 0.1) is 5.82 Å². The zero-order valence-corrected chi connectivity index (χ0v) is 12.3. The normalized spacial score (nSPS) is 14.3. The van der Waals surface area contributed by atoms with Crippen LogP contribution in [0.5, 0.6) is 0 Å². The maximum Gasteiger partial charge on any atom is 0.175 e. The second kappa shape index (κ2) is 4.73. The Morgan fingerprint density at radius 1 is 1.14 bits per heavy atom. The van der Waals surface area contributed by atoms with Crippen LogP contribution in [0.3, 0.4) is 0 Å². The van der Waals surface area contributed by atoms with Gasteiger partial charge in [0.15, 0.2) is 9.84 Å². The Morgan fingerprint density at radius 2 is 1.90 bits per heavy atom. The summed E-state index contributed by atoms with van der Waals surface area (Å²) in [4.78, 5) is 2.10. The molecule has 6 heteroatoms. The molecular weight excluding hydrogens is 291 g/mol. The average Bonchev–Trinajstić information content (AvgIpc) is 2.80. The van der Waals surface area contributed by atoms with E-state index in [1.165, 1.54) is 24.3 Å². The molecule has 0 atom stereocenters. The highest BCUT2D eigenvalue weighted by Crippen LogP contribution is 2.38. The van der Waals surface area contributed by atoms with Gasteiger partial charge in [0.2, 0.25) is 0 Å². The molecule has 4 nitrogen and oxygen atoms in total. The molecule has 2 aromatic rings. The van der Waals surface area contributed by atoms with E-state index in [1.54, 1.807) is 12.1 Å². The molecule has 1 aliphatic rings. The molecule has 0 spiro atoms. The summed E-state index contributed by atoms with van der Waals surface area (Å²) in [5.74, 6) is -0.299. The van der Waals surface area contributed by atoms with Crippen LogP contribution in [-0.4, -0.2) is 21.2 Å². The van der Waals surface area contributed by atoms with Gasteiger partial charge in [-0.2, -0.15) is 0 Å². The van der Waals surface area contributed by atoms with Gasteiger partial charge in [0, 0.05) is 18.5 Å². The van der Waals surface area contributed by atoms with Crippen molar-refractivity contribution in [2.75, 3.05) is 23.4 Å². The molecule has 0 radical (unpaired) electrons.